The molecule has 0 unspecified atom stereocenters. The molecule has 4 aromatic rings. The van der Waals surface area contributed by atoms with Crippen molar-refractivity contribution in [1.82, 2.24) is 10.2 Å². The Kier molecular flexibility index (Phi) is 5.15. The number of nitrogens with one attached hydrogen (secondary N) is 2. The fraction of sp³-hybridized carbons (Fsp3) is 0.0526. The van der Waals surface area contributed by atoms with Crippen LogP contribution in [0, 0.1) is 10.1 Å². The van der Waals surface area contributed by atoms with Crippen molar-refractivity contribution < 1.29 is 14.5 Å². The lowest BCUT2D eigenvalue weighted by molar-refractivity contribution is -0.384. The van der Waals surface area contributed by atoms with Gasteiger partial charge in [-0.05, 0) is 47.3 Å². The lowest BCUT2D eigenvalue weighted by Crippen LogP contribution is -2.11. The van der Waals surface area contributed by atoms with Gasteiger partial charge in [0, 0.05) is 17.5 Å². The zero-order chi connectivity index (χ0) is 20.4. The first-order valence-electron chi connectivity index (χ1n) is 8.40. The molecule has 146 valence electrons. The summed E-state index contributed by atoms with van der Waals surface area (Å²) >= 11 is 7.26. The summed E-state index contributed by atoms with van der Waals surface area (Å²) in [7, 11) is 0. The first-order valence-corrected chi connectivity index (χ1v) is 9.65. The topological polar surface area (TPSA) is 110 Å². The summed E-state index contributed by atoms with van der Waals surface area (Å²) in [5.41, 5.74) is 1.56. The number of ether oxygens (including phenoxy) is 1. The van der Waals surface area contributed by atoms with Gasteiger partial charge in [-0.15, -0.1) is 11.3 Å². The minimum atomic E-state index is -0.448. The van der Waals surface area contributed by atoms with Crippen LogP contribution in [0.25, 0.3) is 10.9 Å². The summed E-state index contributed by atoms with van der Waals surface area (Å²) in [5.74, 6) is 0.604. The number of nitro groups is 1. The van der Waals surface area contributed by atoms with Gasteiger partial charge in [0.25, 0.3) is 11.6 Å². The number of carbonyl (C=O) groups is 1. The lowest BCUT2D eigenvalue weighted by atomic mass is 10.2. The summed E-state index contributed by atoms with van der Waals surface area (Å²) in [4.78, 5) is 23.1. The van der Waals surface area contributed by atoms with Gasteiger partial charge in [-0.25, -0.2) is 0 Å². The largest absolute Gasteiger partial charge is 0.489 e. The number of hydrogen-bond donors (Lipinski definition) is 2. The van der Waals surface area contributed by atoms with E-state index in [2.05, 4.69) is 15.5 Å². The molecule has 0 aliphatic rings. The van der Waals surface area contributed by atoms with Gasteiger partial charge in [0.1, 0.15) is 17.2 Å². The summed E-state index contributed by atoms with van der Waals surface area (Å²) in [6.07, 6.45) is 0. The van der Waals surface area contributed by atoms with Crippen LogP contribution in [0.4, 0.5) is 11.5 Å². The van der Waals surface area contributed by atoms with E-state index in [0.717, 1.165) is 11.1 Å². The third-order valence-corrected chi connectivity index (χ3v) is 5.48. The molecule has 10 heteroatoms. The van der Waals surface area contributed by atoms with E-state index < -0.39 is 4.92 Å². The number of fused-ring (bicyclic) bond motifs is 1. The van der Waals surface area contributed by atoms with Crippen molar-refractivity contribution in [2.75, 3.05) is 5.32 Å². The number of halogens is 1. The first-order chi connectivity index (χ1) is 14.0. The maximum Gasteiger partial charge on any atom is 0.269 e. The molecule has 2 N–H and O–H groups in total. The van der Waals surface area contributed by atoms with Gasteiger partial charge >= 0.3 is 0 Å². The highest BCUT2D eigenvalue weighted by Crippen LogP contribution is 2.28. The molecule has 0 spiro atoms. The third-order valence-electron chi connectivity index (χ3n) is 4.14. The number of aromatic nitrogens is 2. The lowest BCUT2D eigenvalue weighted by Gasteiger charge is -2.07. The number of nitro benzene ring substituents is 1. The standard InChI is InChI=1S/C19H13ClN4O4S/c20-15-7-8-29-17(15)19(25)21-18-14-9-13(5-6-16(14)22-23-18)28-10-11-1-3-12(4-2-11)24(26)27/h1-9H,10H2,(H2,21,22,23,25). The zero-order valence-electron chi connectivity index (χ0n) is 14.7. The maximum atomic E-state index is 12.4. The second kappa shape index (κ2) is 7.90. The van der Waals surface area contributed by atoms with Gasteiger partial charge in [-0.1, -0.05) is 11.6 Å². The monoisotopic (exact) mass is 428 g/mol. The molecule has 0 bridgehead atoms. The van der Waals surface area contributed by atoms with Crippen LogP contribution in [0.15, 0.2) is 53.9 Å². The second-order valence-corrected chi connectivity index (χ2v) is 7.37. The molecule has 0 atom stereocenters. The van der Waals surface area contributed by atoms with Gasteiger partial charge in [0.15, 0.2) is 5.82 Å². The Morgan fingerprint density at radius 2 is 2.03 bits per heavy atom. The molecule has 29 heavy (non-hydrogen) atoms. The Morgan fingerprint density at radius 1 is 1.24 bits per heavy atom. The van der Waals surface area contributed by atoms with E-state index in [0.29, 0.717) is 26.9 Å². The molecule has 1 amide bonds. The Hall–Kier alpha value is -3.43. The van der Waals surface area contributed by atoms with Crippen LogP contribution < -0.4 is 10.1 Å². The quantitative estimate of drug-likeness (QED) is 0.331. The predicted octanol–water partition coefficient (Wildman–Crippen LogP) is 5.02. The number of thiophene rings is 1. The van der Waals surface area contributed by atoms with Crippen LogP contribution in [0.5, 0.6) is 5.75 Å². The fourth-order valence-corrected chi connectivity index (χ4v) is 3.71. The predicted molar refractivity (Wildman–Crippen MR) is 111 cm³/mol. The average molecular weight is 429 g/mol. The number of hydrogen-bond acceptors (Lipinski definition) is 6. The van der Waals surface area contributed by atoms with Crippen LogP contribution in [0.2, 0.25) is 5.02 Å². The minimum Gasteiger partial charge on any atom is -0.489 e. The number of anilines is 1. The Bertz CT molecular complexity index is 1200. The maximum absolute atomic E-state index is 12.4. The number of rotatable bonds is 6. The Balaban J connectivity index is 1.50. The fourth-order valence-electron chi connectivity index (χ4n) is 2.68. The minimum absolute atomic E-state index is 0.0276. The van der Waals surface area contributed by atoms with Crippen molar-refractivity contribution in [1.29, 1.82) is 0 Å². The number of carbonyl (C=O) groups excluding carboxylic acids is 1. The molecule has 4 rings (SSSR count). The molecule has 2 aromatic carbocycles. The third kappa shape index (κ3) is 4.05. The van der Waals surface area contributed by atoms with Crippen LogP contribution in [0.3, 0.4) is 0 Å². The van der Waals surface area contributed by atoms with Crippen molar-refractivity contribution in [3.8, 4) is 5.75 Å². The number of H-pyrrole nitrogens is 1. The van der Waals surface area contributed by atoms with Crippen molar-refractivity contribution >= 4 is 51.3 Å². The normalized spacial score (nSPS) is 10.8. The SMILES string of the molecule is O=C(Nc1n[nH]c2ccc(OCc3ccc([N+](=O)[O-])cc3)cc12)c1sccc1Cl. The van der Waals surface area contributed by atoms with Crippen LogP contribution in [0.1, 0.15) is 15.2 Å². The van der Waals surface area contributed by atoms with E-state index in [4.69, 9.17) is 16.3 Å². The molecule has 0 radical (unpaired) electrons. The molecular weight excluding hydrogens is 416 g/mol. The van der Waals surface area contributed by atoms with Crippen LogP contribution >= 0.6 is 22.9 Å². The van der Waals surface area contributed by atoms with Crippen LogP contribution in [-0.2, 0) is 6.61 Å². The summed E-state index contributed by atoms with van der Waals surface area (Å²) in [6, 6.07) is 13.1. The number of aromatic amines is 1. The van der Waals surface area contributed by atoms with E-state index in [1.807, 2.05) is 0 Å². The second-order valence-electron chi connectivity index (χ2n) is 6.04. The van der Waals surface area contributed by atoms with E-state index in [1.54, 1.807) is 41.8 Å². The summed E-state index contributed by atoms with van der Waals surface area (Å²) < 4.78 is 5.78. The van der Waals surface area contributed by atoms with Gasteiger partial charge in [-0.2, -0.15) is 5.10 Å². The number of amides is 1. The first kappa shape index (κ1) is 18.9. The molecule has 2 heterocycles. The van der Waals surface area contributed by atoms with Gasteiger partial charge in [-0.3, -0.25) is 20.0 Å². The van der Waals surface area contributed by atoms with Gasteiger partial charge in [0.2, 0.25) is 0 Å². The zero-order valence-corrected chi connectivity index (χ0v) is 16.3. The van der Waals surface area contributed by atoms with Crippen molar-refractivity contribution in [2.45, 2.75) is 6.61 Å². The van der Waals surface area contributed by atoms with Crippen molar-refractivity contribution in [2.24, 2.45) is 0 Å². The molecule has 0 saturated carbocycles. The molecule has 0 saturated heterocycles. The van der Waals surface area contributed by atoms with E-state index >= 15 is 0 Å². The summed E-state index contributed by atoms with van der Waals surface area (Å²) in [6.45, 7) is 0.244. The molecule has 0 aliphatic heterocycles. The van der Waals surface area contributed by atoms with Gasteiger partial charge < -0.3 is 10.1 Å². The average Bonchev–Trinajstić information content (AvgIpc) is 3.32. The number of non-ortho nitro benzene ring substituents is 1. The van der Waals surface area contributed by atoms with E-state index in [-0.39, 0.29) is 18.2 Å². The van der Waals surface area contributed by atoms with Crippen LogP contribution in [-0.4, -0.2) is 21.0 Å². The van der Waals surface area contributed by atoms with Crippen molar-refractivity contribution in [3.63, 3.8) is 0 Å². The number of benzene rings is 2. The Labute approximate surface area is 173 Å². The molecule has 8 nitrogen and oxygen atoms in total. The highest BCUT2D eigenvalue weighted by Gasteiger charge is 2.15. The van der Waals surface area contributed by atoms with E-state index in [9.17, 15) is 14.9 Å². The number of nitrogens with zero attached hydrogens (tertiary/aromatic N) is 2. The molecule has 2 aromatic heterocycles. The van der Waals surface area contributed by atoms with Gasteiger partial charge in [0.05, 0.1) is 15.5 Å². The molecule has 0 aliphatic carbocycles. The highest BCUT2D eigenvalue weighted by molar-refractivity contribution is 7.12. The van der Waals surface area contributed by atoms with E-state index in [1.165, 1.54) is 23.5 Å². The molecular formula is C19H13ClN4O4S. The Morgan fingerprint density at radius 3 is 2.72 bits per heavy atom. The smallest absolute Gasteiger partial charge is 0.269 e. The molecule has 0 fully saturated rings. The summed E-state index contributed by atoms with van der Waals surface area (Å²) in [5, 5.41) is 23.3. The highest BCUT2D eigenvalue weighted by atomic mass is 35.5. The van der Waals surface area contributed by atoms with Crippen molar-refractivity contribution in [3.05, 3.63) is 79.5 Å².